The van der Waals surface area contributed by atoms with Crippen LogP contribution in [0.25, 0.3) is 0 Å². The number of nitrogens with one attached hydrogen (secondary N) is 1. The van der Waals surface area contributed by atoms with Crippen LogP contribution in [0.4, 0.5) is 0 Å². The van der Waals surface area contributed by atoms with Gasteiger partial charge in [-0.25, -0.2) is 0 Å². The minimum atomic E-state index is -1.03. The Balaban J connectivity index is 1.98. The topological polar surface area (TPSA) is 75.6 Å². The third kappa shape index (κ3) is 3.00. The predicted octanol–water partition coefficient (Wildman–Crippen LogP) is 1.14. The second-order valence-electron chi connectivity index (χ2n) is 4.25. The molecule has 0 saturated heterocycles. The summed E-state index contributed by atoms with van der Waals surface area (Å²) in [4.78, 5) is 22.0. The van der Waals surface area contributed by atoms with Crippen molar-refractivity contribution in [3.8, 4) is 5.75 Å². The van der Waals surface area contributed by atoms with Crippen LogP contribution in [0.2, 0.25) is 0 Å². The molecule has 1 aliphatic heterocycles. The lowest BCUT2D eigenvalue weighted by molar-refractivity contribution is -0.138. The molecule has 0 saturated carbocycles. The van der Waals surface area contributed by atoms with Gasteiger partial charge in [0.2, 0.25) is 5.91 Å². The van der Waals surface area contributed by atoms with Crippen LogP contribution in [0.3, 0.4) is 0 Å². The molecular weight excluding hydrogens is 234 g/mol. The highest BCUT2D eigenvalue weighted by molar-refractivity contribution is 5.81. The van der Waals surface area contributed by atoms with Crippen LogP contribution in [0, 0.1) is 0 Å². The van der Waals surface area contributed by atoms with Crippen molar-refractivity contribution < 1.29 is 19.4 Å². The molecule has 0 spiro atoms. The smallest absolute Gasteiger partial charge is 0.322 e. The molecule has 1 heterocycles. The number of hydrogen-bond donors (Lipinski definition) is 2. The molecule has 1 unspecified atom stereocenters. The van der Waals surface area contributed by atoms with Crippen molar-refractivity contribution >= 4 is 11.9 Å². The summed E-state index contributed by atoms with van der Waals surface area (Å²) in [5.41, 5.74) is 1.02. The molecule has 1 atom stereocenters. The van der Waals surface area contributed by atoms with E-state index in [2.05, 4.69) is 5.32 Å². The zero-order chi connectivity index (χ0) is 13.0. The molecule has 1 aromatic rings. The highest BCUT2D eigenvalue weighted by Gasteiger charge is 2.23. The Kier molecular flexibility index (Phi) is 3.82. The maximum Gasteiger partial charge on any atom is 0.322 e. The minimum absolute atomic E-state index is 0.101. The van der Waals surface area contributed by atoms with E-state index in [0.717, 1.165) is 17.7 Å². The molecule has 96 valence electrons. The molecule has 0 aliphatic carbocycles. The predicted molar refractivity (Wildman–Crippen MR) is 64.6 cm³/mol. The van der Waals surface area contributed by atoms with Gasteiger partial charge < -0.3 is 15.2 Å². The van der Waals surface area contributed by atoms with Crippen molar-refractivity contribution in [1.29, 1.82) is 0 Å². The molecule has 0 bridgehead atoms. The number of ether oxygens (including phenoxy) is 1. The number of amides is 1. The highest BCUT2D eigenvalue weighted by atomic mass is 16.5. The molecule has 0 aromatic heterocycles. The summed E-state index contributed by atoms with van der Waals surface area (Å²) >= 11 is 0. The Labute approximate surface area is 105 Å². The van der Waals surface area contributed by atoms with E-state index in [4.69, 9.17) is 9.84 Å². The van der Waals surface area contributed by atoms with E-state index >= 15 is 0 Å². The van der Waals surface area contributed by atoms with E-state index in [0.29, 0.717) is 13.0 Å². The van der Waals surface area contributed by atoms with Gasteiger partial charge in [-0.1, -0.05) is 18.2 Å². The van der Waals surface area contributed by atoms with Gasteiger partial charge in [-0.3, -0.25) is 9.59 Å². The lowest BCUT2D eigenvalue weighted by Crippen LogP contribution is -2.31. The van der Waals surface area contributed by atoms with Crippen molar-refractivity contribution in [1.82, 2.24) is 5.32 Å². The van der Waals surface area contributed by atoms with Crippen LogP contribution in [0.15, 0.2) is 24.3 Å². The van der Waals surface area contributed by atoms with E-state index in [9.17, 15) is 9.59 Å². The lowest BCUT2D eigenvalue weighted by Gasteiger charge is -2.25. The molecule has 2 N–H and O–H groups in total. The number of carbonyl (C=O) groups excluding carboxylic acids is 1. The highest BCUT2D eigenvalue weighted by Crippen LogP contribution is 2.35. The number of carbonyl (C=O) groups is 2. The maximum atomic E-state index is 11.6. The molecule has 0 fully saturated rings. The van der Waals surface area contributed by atoms with Gasteiger partial charge >= 0.3 is 5.97 Å². The van der Waals surface area contributed by atoms with E-state index in [1.54, 1.807) is 0 Å². The van der Waals surface area contributed by atoms with Crippen LogP contribution < -0.4 is 10.1 Å². The summed E-state index contributed by atoms with van der Waals surface area (Å²) in [6, 6.07) is 7.64. The van der Waals surface area contributed by atoms with Crippen molar-refractivity contribution in [2.45, 2.75) is 18.8 Å². The first-order valence-corrected chi connectivity index (χ1v) is 5.87. The summed E-state index contributed by atoms with van der Waals surface area (Å²) in [5, 5.41) is 10.9. The van der Waals surface area contributed by atoms with Crippen LogP contribution in [0.1, 0.15) is 24.3 Å². The van der Waals surface area contributed by atoms with Gasteiger partial charge in [0.25, 0.3) is 0 Å². The van der Waals surface area contributed by atoms with E-state index in [1.165, 1.54) is 0 Å². The van der Waals surface area contributed by atoms with Gasteiger partial charge in [0.1, 0.15) is 12.3 Å². The van der Waals surface area contributed by atoms with Crippen molar-refractivity contribution in [3.63, 3.8) is 0 Å². The summed E-state index contributed by atoms with van der Waals surface area (Å²) in [6.07, 6.45) is 1.07. The van der Waals surface area contributed by atoms with Gasteiger partial charge in [0.05, 0.1) is 6.61 Å². The lowest BCUT2D eigenvalue weighted by atomic mass is 9.90. The number of hydrogen-bond acceptors (Lipinski definition) is 3. The van der Waals surface area contributed by atoms with Gasteiger partial charge in [-0.2, -0.15) is 0 Å². The molecule has 0 radical (unpaired) electrons. The van der Waals surface area contributed by atoms with E-state index < -0.39 is 5.97 Å². The van der Waals surface area contributed by atoms with Gasteiger partial charge in [0, 0.05) is 6.42 Å². The van der Waals surface area contributed by atoms with Gasteiger partial charge in [-0.15, -0.1) is 0 Å². The molecule has 5 nitrogen and oxygen atoms in total. The average Bonchev–Trinajstić information content (AvgIpc) is 2.37. The van der Waals surface area contributed by atoms with Crippen LogP contribution in [0.5, 0.6) is 5.75 Å². The van der Waals surface area contributed by atoms with Gasteiger partial charge in [-0.05, 0) is 24.0 Å². The first kappa shape index (κ1) is 12.4. The molecule has 18 heavy (non-hydrogen) atoms. The molecule has 1 aliphatic rings. The number of benzene rings is 1. The normalized spacial score (nSPS) is 17.4. The standard InChI is InChI=1S/C13H15NO4/c15-12(14-8-13(16)17)7-9-5-6-18-11-4-2-1-3-10(9)11/h1-4,9H,5-8H2,(H,14,15)(H,16,17). The third-order valence-corrected chi connectivity index (χ3v) is 2.95. The molecule has 5 heteroatoms. The summed E-state index contributed by atoms with van der Waals surface area (Å²) in [7, 11) is 0. The quantitative estimate of drug-likeness (QED) is 0.839. The zero-order valence-electron chi connectivity index (χ0n) is 9.89. The first-order valence-electron chi connectivity index (χ1n) is 5.87. The molecular formula is C13H15NO4. The first-order chi connectivity index (χ1) is 8.66. The number of rotatable bonds is 4. The Hall–Kier alpha value is -2.04. The Morgan fingerprint density at radius 2 is 2.17 bits per heavy atom. The van der Waals surface area contributed by atoms with Crippen molar-refractivity contribution in [3.05, 3.63) is 29.8 Å². The fourth-order valence-corrected chi connectivity index (χ4v) is 2.10. The Morgan fingerprint density at radius 1 is 1.39 bits per heavy atom. The third-order valence-electron chi connectivity index (χ3n) is 2.95. The summed E-state index contributed by atoms with van der Waals surface area (Å²) in [5.74, 6) is -0.349. The van der Waals surface area contributed by atoms with Crippen LogP contribution >= 0.6 is 0 Å². The van der Waals surface area contributed by atoms with E-state index in [-0.39, 0.29) is 18.4 Å². The molecule has 1 aromatic carbocycles. The molecule has 1 amide bonds. The van der Waals surface area contributed by atoms with Crippen LogP contribution in [-0.2, 0) is 9.59 Å². The van der Waals surface area contributed by atoms with Crippen molar-refractivity contribution in [2.75, 3.05) is 13.2 Å². The average molecular weight is 249 g/mol. The van der Waals surface area contributed by atoms with Crippen LogP contribution in [-0.4, -0.2) is 30.1 Å². The van der Waals surface area contributed by atoms with E-state index in [1.807, 2.05) is 24.3 Å². The Morgan fingerprint density at radius 3 is 2.94 bits per heavy atom. The summed E-state index contributed by atoms with van der Waals surface area (Å²) in [6.45, 7) is 0.261. The zero-order valence-corrected chi connectivity index (χ0v) is 9.89. The fourth-order valence-electron chi connectivity index (χ4n) is 2.10. The maximum absolute atomic E-state index is 11.6. The van der Waals surface area contributed by atoms with Gasteiger partial charge in [0.15, 0.2) is 0 Å². The minimum Gasteiger partial charge on any atom is -0.493 e. The number of para-hydroxylation sites is 1. The monoisotopic (exact) mass is 249 g/mol. The SMILES string of the molecule is O=C(O)CNC(=O)CC1CCOc2ccccc21. The number of aliphatic carboxylic acids is 1. The number of carboxylic acids is 1. The summed E-state index contributed by atoms with van der Waals surface area (Å²) < 4.78 is 5.51. The fraction of sp³-hybridized carbons (Fsp3) is 0.385. The second kappa shape index (κ2) is 5.53. The second-order valence-corrected chi connectivity index (χ2v) is 4.25. The molecule has 2 rings (SSSR count). The van der Waals surface area contributed by atoms with Crippen molar-refractivity contribution in [2.24, 2.45) is 0 Å². The largest absolute Gasteiger partial charge is 0.493 e. The Bertz CT molecular complexity index is 458. The number of fused-ring (bicyclic) bond motifs is 1. The number of carboxylic acid groups (broad SMARTS) is 1.